The van der Waals surface area contributed by atoms with Gasteiger partial charge in [-0.1, -0.05) is 12.1 Å². The number of benzene rings is 1. The van der Waals surface area contributed by atoms with Gasteiger partial charge in [-0.3, -0.25) is 4.98 Å². The minimum Gasteiger partial charge on any atom is -0.319 e. The van der Waals surface area contributed by atoms with E-state index in [1.54, 1.807) is 22.6 Å². The maximum absolute atomic E-state index is 12.9. The third kappa shape index (κ3) is 2.74. The van der Waals surface area contributed by atoms with Crippen molar-refractivity contribution in [1.29, 1.82) is 0 Å². The fraction of sp³-hybridized carbons (Fsp3) is 0.438. The fourth-order valence-electron chi connectivity index (χ4n) is 3.06. The number of hydrogen-bond acceptors (Lipinski definition) is 4. The Morgan fingerprint density at radius 1 is 1.41 bits per heavy atom. The van der Waals surface area contributed by atoms with Gasteiger partial charge in [0.1, 0.15) is 4.90 Å². The molecule has 2 heterocycles. The predicted octanol–water partition coefficient (Wildman–Crippen LogP) is 1.77. The Morgan fingerprint density at radius 2 is 2.23 bits per heavy atom. The molecule has 1 unspecified atom stereocenters. The summed E-state index contributed by atoms with van der Waals surface area (Å²) in [6.07, 6.45) is 2.62. The number of pyridine rings is 1. The molecule has 1 aromatic carbocycles. The molecule has 1 aliphatic rings. The first-order valence-electron chi connectivity index (χ1n) is 7.52. The fourth-order valence-corrected chi connectivity index (χ4v) is 4.76. The van der Waals surface area contributed by atoms with Crippen LogP contribution in [0, 0.1) is 12.8 Å². The van der Waals surface area contributed by atoms with Gasteiger partial charge >= 0.3 is 0 Å². The van der Waals surface area contributed by atoms with Crippen molar-refractivity contribution < 1.29 is 8.42 Å². The van der Waals surface area contributed by atoms with Crippen LogP contribution >= 0.6 is 0 Å². The first-order chi connectivity index (χ1) is 10.5. The minimum absolute atomic E-state index is 0.315. The van der Waals surface area contributed by atoms with Gasteiger partial charge in [-0.2, -0.15) is 4.31 Å². The zero-order chi connectivity index (χ0) is 15.7. The molecule has 2 aromatic rings. The van der Waals surface area contributed by atoms with Crippen molar-refractivity contribution in [2.45, 2.75) is 18.2 Å². The molecular weight excluding hydrogens is 298 g/mol. The molecule has 1 aromatic heterocycles. The highest BCUT2D eigenvalue weighted by Gasteiger charge is 2.33. The van der Waals surface area contributed by atoms with E-state index in [9.17, 15) is 8.42 Å². The van der Waals surface area contributed by atoms with Gasteiger partial charge in [0, 0.05) is 24.7 Å². The summed E-state index contributed by atoms with van der Waals surface area (Å²) in [7, 11) is -1.59. The molecule has 1 N–H and O–H groups in total. The number of aryl methyl sites for hydroxylation is 1. The van der Waals surface area contributed by atoms with Crippen LogP contribution in [0.15, 0.2) is 35.4 Å². The zero-order valence-corrected chi connectivity index (χ0v) is 13.7. The molecule has 22 heavy (non-hydrogen) atoms. The van der Waals surface area contributed by atoms with Gasteiger partial charge in [-0.05, 0) is 50.6 Å². The van der Waals surface area contributed by atoms with Crippen molar-refractivity contribution >= 4 is 20.9 Å². The van der Waals surface area contributed by atoms with Crippen LogP contribution in [-0.4, -0.2) is 44.4 Å². The molecule has 1 saturated heterocycles. The normalized spacial score (nSPS) is 19.8. The molecule has 0 spiro atoms. The largest absolute Gasteiger partial charge is 0.319 e. The number of para-hydroxylation sites is 1. The third-order valence-corrected chi connectivity index (χ3v) is 6.07. The van der Waals surface area contributed by atoms with Gasteiger partial charge in [-0.25, -0.2) is 8.42 Å². The molecule has 0 bridgehead atoms. The van der Waals surface area contributed by atoms with Gasteiger partial charge < -0.3 is 5.32 Å². The molecule has 0 radical (unpaired) electrons. The number of hydrogen-bond donors (Lipinski definition) is 1. The Kier molecular flexibility index (Phi) is 4.16. The molecule has 0 saturated carbocycles. The summed E-state index contributed by atoms with van der Waals surface area (Å²) in [6.45, 7) is 3.96. The van der Waals surface area contributed by atoms with Crippen molar-refractivity contribution in [3.8, 4) is 0 Å². The standard InChI is InChI=1S/C16H21N3O2S/c1-12-8-14-4-3-5-15(16(14)18-9-12)22(20,21)19-7-6-13(11-19)10-17-2/h3-5,8-9,13,17H,6-7,10-11H2,1-2H3. The van der Waals surface area contributed by atoms with Crippen LogP contribution in [0.25, 0.3) is 10.9 Å². The second-order valence-electron chi connectivity index (χ2n) is 5.92. The van der Waals surface area contributed by atoms with E-state index < -0.39 is 10.0 Å². The second-order valence-corrected chi connectivity index (χ2v) is 7.82. The van der Waals surface area contributed by atoms with Crippen LogP contribution < -0.4 is 5.32 Å². The second kappa shape index (κ2) is 5.95. The van der Waals surface area contributed by atoms with E-state index in [1.165, 1.54) is 0 Å². The molecule has 6 heteroatoms. The van der Waals surface area contributed by atoms with Gasteiger partial charge in [0.2, 0.25) is 10.0 Å². The zero-order valence-electron chi connectivity index (χ0n) is 12.9. The smallest absolute Gasteiger partial charge is 0.245 e. The van der Waals surface area contributed by atoms with Gasteiger partial charge in [-0.15, -0.1) is 0 Å². The first kappa shape index (κ1) is 15.4. The van der Waals surface area contributed by atoms with Crippen molar-refractivity contribution in [2.75, 3.05) is 26.7 Å². The van der Waals surface area contributed by atoms with Crippen molar-refractivity contribution in [1.82, 2.24) is 14.6 Å². The minimum atomic E-state index is -3.49. The molecule has 3 rings (SSSR count). The summed E-state index contributed by atoms with van der Waals surface area (Å²) < 4.78 is 27.5. The Hall–Kier alpha value is -1.50. The first-order valence-corrected chi connectivity index (χ1v) is 8.96. The molecular formula is C16H21N3O2S. The highest BCUT2D eigenvalue weighted by Crippen LogP contribution is 2.28. The summed E-state index contributed by atoms with van der Waals surface area (Å²) in [4.78, 5) is 4.67. The lowest BCUT2D eigenvalue weighted by Crippen LogP contribution is -2.30. The van der Waals surface area contributed by atoms with E-state index in [0.717, 1.165) is 23.9 Å². The predicted molar refractivity (Wildman–Crippen MR) is 87.3 cm³/mol. The van der Waals surface area contributed by atoms with E-state index in [4.69, 9.17) is 0 Å². The highest BCUT2D eigenvalue weighted by molar-refractivity contribution is 7.89. The summed E-state index contributed by atoms with van der Waals surface area (Å²) >= 11 is 0. The molecule has 0 amide bonds. The molecule has 118 valence electrons. The van der Waals surface area contributed by atoms with E-state index in [1.807, 2.05) is 26.1 Å². The molecule has 5 nitrogen and oxygen atoms in total. The summed E-state index contributed by atoms with van der Waals surface area (Å²) in [5.74, 6) is 0.380. The lowest BCUT2D eigenvalue weighted by molar-refractivity contribution is 0.451. The van der Waals surface area contributed by atoms with Gasteiger partial charge in [0.25, 0.3) is 0 Å². The van der Waals surface area contributed by atoms with E-state index in [2.05, 4.69) is 10.3 Å². The summed E-state index contributed by atoms with van der Waals surface area (Å²) in [5, 5.41) is 3.99. The quantitative estimate of drug-likeness (QED) is 0.933. The number of rotatable bonds is 4. The average Bonchev–Trinajstić information content (AvgIpc) is 2.96. The third-order valence-electron chi connectivity index (χ3n) is 4.17. The number of nitrogens with one attached hydrogen (secondary N) is 1. The van der Waals surface area contributed by atoms with Crippen molar-refractivity contribution in [2.24, 2.45) is 5.92 Å². The Balaban J connectivity index is 2.00. The van der Waals surface area contributed by atoms with Crippen LogP contribution in [0.3, 0.4) is 0 Å². The monoisotopic (exact) mass is 319 g/mol. The maximum atomic E-state index is 12.9. The van der Waals surface area contributed by atoms with Gasteiger partial charge in [0.15, 0.2) is 0 Å². The van der Waals surface area contributed by atoms with Crippen LogP contribution in [0.5, 0.6) is 0 Å². The SMILES string of the molecule is CNCC1CCN(S(=O)(=O)c2cccc3cc(C)cnc23)C1. The molecule has 1 aliphatic heterocycles. The lowest BCUT2D eigenvalue weighted by atomic mass is 10.1. The average molecular weight is 319 g/mol. The Bertz CT molecular complexity index is 789. The van der Waals surface area contributed by atoms with Crippen molar-refractivity contribution in [3.05, 3.63) is 36.0 Å². The topological polar surface area (TPSA) is 62.3 Å². The van der Waals surface area contributed by atoms with Gasteiger partial charge in [0.05, 0.1) is 5.52 Å². The maximum Gasteiger partial charge on any atom is 0.245 e. The number of sulfonamides is 1. The molecule has 1 atom stereocenters. The highest BCUT2D eigenvalue weighted by atomic mass is 32.2. The van der Waals surface area contributed by atoms with Crippen LogP contribution in [0.2, 0.25) is 0 Å². The van der Waals surface area contributed by atoms with Crippen LogP contribution in [0.1, 0.15) is 12.0 Å². The van der Waals surface area contributed by atoms with E-state index in [0.29, 0.717) is 29.4 Å². The van der Waals surface area contributed by atoms with E-state index in [-0.39, 0.29) is 0 Å². The summed E-state index contributed by atoms with van der Waals surface area (Å²) in [6, 6.07) is 7.32. The summed E-state index contributed by atoms with van der Waals surface area (Å²) in [5.41, 5.74) is 1.59. The number of aromatic nitrogens is 1. The number of nitrogens with zero attached hydrogens (tertiary/aromatic N) is 2. The van der Waals surface area contributed by atoms with Crippen molar-refractivity contribution in [3.63, 3.8) is 0 Å². The van der Waals surface area contributed by atoms with Crippen LogP contribution in [-0.2, 0) is 10.0 Å². The Morgan fingerprint density at radius 3 is 3.00 bits per heavy atom. The molecule has 1 fully saturated rings. The Labute approximate surface area is 131 Å². The van der Waals surface area contributed by atoms with Crippen LogP contribution in [0.4, 0.5) is 0 Å². The number of fused-ring (bicyclic) bond motifs is 1. The molecule has 0 aliphatic carbocycles. The lowest BCUT2D eigenvalue weighted by Gasteiger charge is -2.17. The van der Waals surface area contributed by atoms with E-state index >= 15 is 0 Å².